The van der Waals surface area contributed by atoms with Crippen LogP contribution >= 0.6 is 0 Å². The molecule has 2 fully saturated rings. The molecule has 0 spiro atoms. The van der Waals surface area contributed by atoms with Gasteiger partial charge in [0.05, 0.1) is 0 Å². The van der Waals surface area contributed by atoms with Gasteiger partial charge in [-0.1, -0.05) is 30.3 Å². The Hall–Kier alpha value is -0.860. The van der Waals surface area contributed by atoms with E-state index in [2.05, 4.69) is 47.5 Å². The van der Waals surface area contributed by atoms with Crippen molar-refractivity contribution in [3.8, 4) is 0 Å². The molecule has 1 aliphatic carbocycles. The maximum atomic E-state index is 3.63. The van der Waals surface area contributed by atoms with Crippen LogP contribution in [0.1, 0.15) is 25.3 Å². The molecule has 1 N–H and O–H groups in total. The summed E-state index contributed by atoms with van der Waals surface area (Å²) in [5, 5.41) is 3.63. The van der Waals surface area contributed by atoms with Crippen LogP contribution in [-0.4, -0.2) is 30.1 Å². The van der Waals surface area contributed by atoms with Gasteiger partial charge >= 0.3 is 0 Å². The lowest BCUT2D eigenvalue weighted by atomic mass is 10.0. The summed E-state index contributed by atoms with van der Waals surface area (Å²) in [4.78, 5) is 2.69. The van der Waals surface area contributed by atoms with Gasteiger partial charge in [-0.2, -0.15) is 0 Å². The molecule has 2 heteroatoms. The van der Waals surface area contributed by atoms with Crippen molar-refractivity contribution in [2.45, 2.75) is 38.4 Å². The number of nitrogens with zero attached hydrogens (tertiary/aromatic N) is 1. The van der Waals surface area contributed by atoms with Crippen LogP contribution < -0.4 is 5.32 Å². The lowest BCUT2D eigenvalue weighted by Gasteiger charge is -2.39. The van der Waals surface area contributed by atoms with E-state index in [1.807, 2.05) is 0 Å². The van der Waals surface area contributed by atoms with Crippen molar-refractivity contribution in [2.75, 3.05) is 13.1 Å². The molecule has 2 unspecified atom stereocenters. The van der Waals surface area contributed by atoms with Gasteiger partial charge in [0.15, 0.2) is 0 Å². The van der Waals surface area contributed by atoms with Gasteiger partial charge in [0.25, 0.3) is 0 Å². The third-order valence-electron chi connectivity index (χ3n) is 4.05. The quantitative estimate of drug-likeness (QED) is 0.857. The van der Waals surface area contributed by atoms with Gasteiger partial charge in [-0.25, -0.2) is 0 Å². The monoisotopic (exact) mass is 230 g/mol. The van der Waals surface area contributed by atoms with Crippen LogP contribution in [-0.2, 0) is 6.54 Å². The Balaban J connectivity index is 1.69. The summed E-state index contributed by atoms with van der Waals surface area (Å²) in [6.07, 6.45) is 2.87. The molecule has 1 saturated carbocycles. The molecule has 0 radical (unpaired) electrons. The van der Waals surface area contributed by atoms with E-state index < -0.39 is 0 Å². The van der Waals surface area contributed by atoms with Gasteiger partial charge in [-0.3, -0.25) is 4.90 Å². The number of piperazine rings is 1. The number of nitrogens with one attached hydrogen (secondary N) is 1. The average Bonchev–Trinajstić information content (AvgIpc) is 3.15. The Morgan fingerprint density at radius 3 is 2.71 bits per heavy atom. The van der Waals surface area contributed by atoms with Crippen molar-refractivity contribution in [1.29, 1.82) is 0 Å². The molecule has 0 bridgehead atoms. The predicted molar refractivity (Wildman–Crippen MR) is 70.8 cm³/mol. The van der Waals surface area contributed by atoms with Crippen molar-refractivity contribution in [3.63, 3.8) is 0 Å². The predicted octanol–water partition coefficient (Wildman–Crippen LogP) is 2.26. The largest absolute Gasteiger partial charge is 0.311 e. The summed E-state index contributed by atoms with van der Waals surface area (Å²) in [5.41, 5.74) is 1.45. The Labute approximate surface area is 104 Å². The van der Waals surface area contributed by atoms with E-state index in [0.717, 1.165) is 18.5 Å². The van der Waals surface area contributed by atoms with Crippen molar-refractivity contribution < 1.29 is 0 Å². The first-order valence-corrected chi connectivity index (χ1v) is 6.84. The Bertz CT molecular complexity index is 358. The second-order valence-corrected chi connectivity index (χ2v) is 5.63. The van der Waals surface area contributed by atoms with E-state index in [1.54, 1.807) is 0 Å². The minimum absolute atomic E-state index is 0.633. The van der Waals surface area contributed by atoms with Crippen LogP contribution in [0.2, 0.25) is 0 Å². The normalized spacial score (nSPS) is 30.4. The first-order valence-electron chi connectivity index (χ1n) is 6.84. The molecule has 2 atom stereocenters. The van der Waals surface area contributed by atoms with Crippen molar-refractivity contribution in [2.24, 2.45) is 5.92 Å². The highest BCUT2D eigenvalue weighted by atomic mass is 15.2. The Kier molecular flexibility index (Phi) is 3.17. The van der Waals surface area contributed by atoms with Crippen LogP contribution in [0.25, 0.3) is 0 Å². The zero-order valence-corrected chi connectivity index (χ0v) is 10.6. The standard InChI is InChI=1S/C15H22N2/c1-12-10-17(11-13-5-3-2-4-6-13)15(9-16-12)14-7-8-14/h2-6,12,14-16H,7-11H2,1H3. The maximum Gasteiger partial charge on any atom is 0.0253 e. The highest BCUT2D eigenvalue weighted by molar-refractivity contribution is 5.15. The molecule has 1 saturated heterocycles. The SMILES string of the molecule is CC1CN(Cc2ccccc2)C(C2CC2)CN1. The maximum absolute atomic E-state index is 3.63. The number of benzene rings is 1. The second kappa shape index (κ2) is 4.79. The highest BCUT2D eigenvalue weighted by Gasteiger charge is 2.37. The molecule has 1 heterocycles. The smallest absolute Gasteiger partial charge is 0.0253 e. The third-order valence-corrected chi connectivity index (χ3v) is 4.05. The van der Waals surface area contributed by atoms with E-state index in [1.165, 1.54) is 31.5 Å². The summed E-state index contributed by atoms with van der Waals surface area (Å²) in [6.45, 7) is 5.78. The van der Waals surface area contributed by atoms with Crippen LogP contribution in [0.15, 0.2) is 30.3 Å². The summed E-state index contributed by atoms with van der Waals surface area (Å²) >= 11 is 0. The van der Waals surface area contributed by atoms with Crippen LogP contribution in [0.4, 0.5) is 0 Å². The lowest BCUT2D eigenvalue weighted by molar-refractivity contribution is 0.112. The van der Waals surface area contributed by atoms with Crippen molar-refractivity contribution in [1.82, 2.24) is 10.2 Å². The van der Waals surface area contributed by atoms with Gasteiger partial charge in [0, 0.05) is 31.7 Å². The molecule has 1 aromatic rings. The van der Waals surface area contributed by atoms with Crippen LogP contribution in [0.3, 0.4) is 0 Å². The summed E-state index contributed by atoms with van der Waals surface area (Å²) in [7, 11) is 0. The number of hydrogen-bond acceptors (Lipinski definition) is 2. The molecule has 3 rings (SSSR count). The molecule has 2 aliphatic rings. The van der Waals surface area contributed by atoms with Crippen LogP contribution in [0, 0.1) is 5.92 Å². The average molecular weight is 230 g/mol. The number of rotatable bonds is 3. The topological polar surface area (TPSA) is 15.3 Å². The lowest BCUT2D eigenvalue weighted by Crippen LogP contribution is -2.55. The third kappa shape index (κ3) is 2.70. The summed E-state index contributed by atoms with van der Waals surface area (Å²) in [5.74, 6) is 0.957. The molecule has 0 aromatic heterocycles. The molecule has 0 amide bonds. The fourth-order valence-electron chi connectivity index (χ4n) is 2.95. The molecule has 92 valence electrons. The van der Waals surface area contributed by atoms with E-state index in [-0.39, 0.29) is 0 Å². The van der Waals surface area contributed by atoms with E-state index in [0.29, 0.717) is 6.04 Å². The van der Waals surface area contributed by atoms with Gasteiger partial charge in [-0.05, 0) is 31.2 Å². The molecular weight excluding hydrogens is 208 g/mol. The Morgan fingerprint density at radius 2 is 2.00 bits per heavy atom. The first kappa shape index (κ1) is 11.2. The van der Waals surface area contributed by atoms with E-state index in [9.17, 15) is 0 Å². The minimum atomic E-state index is 0.633. The fourth-order valence-corrected chi connectivity index (χ4v) is 2.95. The van der Waals surface area contributed by atoms with Gasteiger partial charge in [-0.15, -0.1) is 0 Å². The van der Waals surface area contributed by atoms with Crippen LogP contribution in [0.5, 0.6) is 0 Å². The van der Waals surface area contributed by atoms with E-state index >= 15 is 0 Å². The molecule has 1 aliphatic heterocycles. The number of hydrogen-bond donors (Lipinski definition) is 1. The Morgan fingerprint density at radius 1 is 1.24 bits per heavy atom. The van der Waals surface area contributed by atoms with Gasteiger partial charge < -0.3 is 5.32 Å². The second-order valence-electron chi connectivity index (χ2n) is 5.63. The fraction of sp³-hybridized carbons (Fsp3) is 0.600. The van der Waals surface area contributed by atoms with Gasteiger partial charge in [0.1, 0.15) is 0 Å². The van der Waals surface area contributed by atoms with E-state index in [4.69, 9.17) is 0 Å². The molecule has 1 aromatic carbocycles. The van der Waals surface area contributed by atoms with Gasteiger partial charge in [0.2, 0.25) is 0 Å². The summed E-state index contributed by atoms with van der Waals surface area (Å²) < 4.78 is 0. The van der Waals surface area contributed by atoms with Crippen molar-refractivity contribution >= 4 is 0 Å². The first-order chi connectivity index (χ1) is 8.33. The molecule has 17 heavy (non-hydrogen) atoms. The highest BCUT2D eigenvalue weighted by Crippen LogP contribution is 2.36. The zero-order valence-electron chi connectivity index (χ0n) is 10.6. The zero-order chi connectivity index (χ0) is 11.7. The minimum Gasteiger partial charge on any atom is -0.311 e. The molecular formula is C15H22N2. The van der Waals surface area contributed by atoms with Crippen molar-refractivity contribution in [3.05, 3.63) is 35.9 Å². The molecule has 2 nitrogen and oxygen atoms in total. The summed E-state index contributed by atoms with van der Waals surface area (Å²) in [6, 6.07) is 12.3.